The lowest BCUT2D eigenvalue weighted by Gasteiger charge is -2.30. The highest BCUT2D eigenvalue weighted by Crippen LogP contribution is 2.27. The van der Waals surface area contributed by atoms with Crippen molar-refractivity contribution in [2.75, 3.05) is 33.9 Å². The number of aliphatic hydroxyl groups is 1. The molecule has 8 heteroatoms. The van der Waals surface area contributed by atoms with E-state index in [4.69, 9.17) is 15.2 Å². The van der Waals surface area contributed by atoms with Crippen LogP contribution >= 0.6 is 24.0 Å². The van der Waals surface area contributed by atoms with E-state index in [0.29, 0.717) is 19.0 Å². The molecule has 1 aliphatic rings. The minimum atomic E-state index is -0.152. The predicted molar refractivity (Wildman–Crippen MR) is 139 cm³/mol. The molecular formula is C24H35IN4O3. The van der Waals surface area contributed by atoms with Gasteiger partial charge in [0.2, 0.25) is 0 Å². The summed E-state index contributed by atoms with van der Waals surface area (Å²) in [6.45, 7) is 3.96. The Labute approximate surface area is 208 Å². The number of benzene rings is 2. The average Bonchev–Trinajstić information content (AvgIpc) is 2.80. The minimum absolute atomic E-state index is 0. The monoisotopic (exact) mass is 554 g/mol. The highest BCUT2D eigenvalue weighted by molar-refractivity contribution is 14.0. The zero-order chi connectivity index (χ0) is 22.1. The summed E-state index contributed by atoms with van der Waals surface area (Å²) in [5, 5.41) is 12.9. The van der Waals surface area contributed by atoms with Crippen molar-refractivity contribution in [2.24, 2.45) is 10.7 Å². The number of rotatable bonds is 9. The summed E-state index contributed by atoms with van der Waals surface area (Å²) in [4.78, 5) is 6.92. The predicted octanol–water partition coefficient (Wildman–Crippen LogP) is 2.93. The van der Waals surface area contributed by atoms with Crippen molar-refractivity contribution in [1.82, 2.24) is 10.2 Å². The highest BCUT2D eigenvalue weighted by Gasteiger charge is 2.17. The topological polar surface area (TPSA) is 92.3 Å². The van der Waals surface area contributed by atoms with Gasteiger partial charge >= 0.3 is 0 Å². The molecular weight excluding hydrogens is 519 g/mol. The molecule has 3 rings (SSSR count). The van der Waals surface area contributed by atoms with Crippen LogP contribution in [0.3, 0.4) is 0 Å². The van der Waals surface area contributed by atoms with Gasteiger partial charge in [-0.2, -0.15) is 0 Å². The maximum absolute atomic E-state index is 9.71. The first-order valence-electron chi connectivity index (χ1n) is 10.8. The molecule has 2 aromatic carbocycles. The van der Waals surface area contributed by atoms with Crippen LogP contribution in [0.5, 0.6) is 11.5 Å². The van der Waals surface area contributed by atoms with Gasteiger partial charge < -0.3 is 25.6 Å². The second kappa shape index (κ2) is 13.5. The van der Waals surface area contributed by atoms with E-state index in [-0.39, 0.29) is 30.1 Å². The fourth-order valence-corrected chi connectivity index (χ4v) is 3.78. The summed E-state index contributed by atoms with van der Waals surface area (Å²) < 4.78 is 10.6. The van der Waals surface area contributed by atoms with Crippen LogP contribution in [0, 0.1) is 0 Å². The fourth-order valence-electron chi connectivity index (χ4n) is 3.78. The number of nitrogens with zero attached hydrogens (tertiary/aromatic N) is 2. The number of halogens is 1. The van der Waals surface area contributed by atoms with Crippen molar-refractivity contribution in [3.05, 3.63) is 59.2 Å². The first-order valence-corrected chi connectivity index (χ1v) is 10.8. The minimum Gasteiger partial charge on any atom is -0.493 e. The third-order valence-corrected chi connectivity index (χ3v) is 5.66. The van der Waals surface area contributed by atoms with Gasteiger partial charge in [-0.25, -0.2) is 4.99 Å². The van der Waals surface area contributed by atoms with Gasteiger partial charge in [0.25, 0.3) is 0 Å². The number of nitrogens with one attached hydrogen (secondary N) is 1. The largest absolute Gasteiger partial charge is 0.493 e. The number of guanidine groups is 1. The van der Waals surface area contributed by atoms with E-state index in [0.717, 1.165) is 56.0 Å². The first kappa shape index (κ1) is 26.2. The van der Waals surface area contributed by atoms with Crippen molar-refractivity contribution < 1.29 is 14.6 Å². The van der Waals surface area contributed by atoms with Crippen LogP contribution in [0.1, 0.15) is 29.5 Å². The Bertz CT molecular complexity index is 870. The molecule has 1 heterocycles. The van der Waals surface area contributed by atoms with Crippen LogP contribution in [0.2, 0.25) is 0 Å². The molecule has 0 unspecified atom stereocenters. The molecule has 4 N–H and O–H groups in total. The number of ether oxygens (including phenoxy) is 2. The van der Waals surface area contributed by atoms with Gasteiger partial charge in [-0.1, -0.05) is 30.3 Å². The number of aliphatic hydroxyl groups excluding tert-OH is 1. The molecule has 7 nitrogen and oxygen atoms in total. The number of hydrogen-bond donors (Lipinski definition) is 3. The summed E-state index contributed by atoms with van der Waals surface area (Å²) in [5.74, 6) is 1.89. The first-order chi connectivity index (χ1) is 15.1. The second-order valence-electron chi connectivity index (χ2n) is 7.84. The van der Waals surface area contributed by atoms with Gasteiger partial charge in [0.15, 0.2) is 17.5 Å². The zero-order valence-electron chi connectivity index (χ0n) is 18.9. The van der Waals surface area contributed by atoms with Gasteiger partial charge in [-0.05, 0) is 48.1 Å². The van der Waals surface area contributed by atoms with Crippen LogP contribution in [-0.4, -0.2) is 55.9 Å². The molecule has 0 amide bonds. The normalized spacial score (nSPS) is 15.2. The summed E-state index contributed by atoms with van der Waals surface area (Å²) in [7, 11) is 3.27. The fraction of sp³-hybridized carbons (Fsp3) is 0.458. The van der Waals surface area contributed by atoms with E-state index in [9.17, 15) is 5.11 Å². The summed E-state index contributed by atoms with van der Waals surface area (Å²) in [6.07, 6.45) is 2.34. The SMILES string of the molecule is COc1ccc(CCNC(N)=NCc2ccccc2CN2CCC(O)CC2)cc1OC.I. The Morgan fingerprint density at radius 3 is 2.47 bits per heavy atom. The van der Waals surface area contributed by atoms with Crippen LogP contribution < -0.4 is 20.5 Å². The van der Waals surface area contributed by atoms with Crippen LogP contribution in [0.15, 0.2) is 47.5 Å². The van der Waals surface area contributed by atoms with Crippen LogP contribution in [-0.2, 0) is 19.5 Å². The molecule has 1 aliphatic heterocycles. The molecule has 1 fully saturated rings. The smallest absolute Gasteiger partial charge is 0.188 e. The summed E-state index contributed by atoms with van der Waals surface area (Å²) >= 11 is 0. The molecule has 0 spiro atoms. The number of piperidine rings is 1. The third kappa shape index (κ3) is 7.83. The van der Waals surface area contributed by atoms with Crippen molar-refractivity contribution in [1.29, 1.82) is 0 Å². The van der Waals surface area contributed by atoms with E-state index in [1.807, 2.05) is 24.3 Å². The Morgan fingerprint density at radius 1 is 1.09 bits per heavy atom. The number of hydrogen-bond acceptors (Lipinski definition) is 5. The molecule has 1 saturated heterocycles. The van der Waals surface area contributed by atoms with E-state index >= 15 is 0 Å². The summed E-state index contributed by atoms with van der Waals surface area (Å²) in [5.41, 5.74) is 9.67. The molecule has 0 aromatic heterocycles. The van der Waals surface area contributed by atoms with Gasteiger partial charge in [0, 0.05) is 26.2 Å². The molecule has 32 heavy (non-hydrogen) atoms. The van der Waals surface area contributed by atoms with E-state index in [1.54, 1.807) is 14.2 Å². The van der Waals surface area contributed by atoms with Crippen molar-refractivity contribution in [3.8, 4) is 11.5 Å². The molecule has 0 bridgehead atoms. The van der Waals surface area contributed by atoms with Crippen molar-refractivity contribution in [3.63, 3.8) is 0 Å². The quantitative estimate of drug-likeness (QED) is 0.251. The molecule has 0 aliphatic carbocycles. The number of nitrogens with two attached hydrogens (primary N) is 1. The maximum atomic E-state index is 9.71. The van der Waals surface area contributed by atoms with Crippen LogP contribution in [0.4, 0.5) is 0 Å². The van der Waals surface area contributed by atoms with Gasteiger partial charge in [0.05, 0.1) is 26.9 Å². The Morgan fingerprint density at radius 2 is 1.78 bits per heavy atom. The van der Waals surface area contributed by atoms with Gasteiger partial charge in [-0.15, -0.1) is 24.0 Å². The van der Waals surface area contributed by atoms with Gasteiger partial charge in [0.1, 0.15) is 0 Å². The van der Waals surface area contributed by atoms with E-state index in [1.165, 1.54) is 11.1 Å². The number of methoxy groups -OCH3 is 2. The number of aliphatic imine (C=N–C) groups is 1. The average molecular weight is 554 g/mol. The highest BCUT2D eigenvalue weighted by atomic mass is 127. The van der Waals surface area contributed by atoms with Gasteiger partial charge in [-0.3, -0.25) is 4.90 Å². The molecule has 2 aromatic rings. The third-order valence-electron chi connectivity index (χ3n) is 5.66. The maximum Gasteiger partial charge on any atom is 0.188 e. The lowest BCUT2D eigenvalue weighted by Crippen LogP contribution is -2.35. The molecule has 0 radical (unpaired) electrons. The molecule has 0 saturated carbocycles. The van der Waals surface area contributed by atoms with E-state index < -0.39 is 0 Å². The van der Waals surface area contributed by atoms with Crippen molar-refractivity contribution >= 4 is 29.9 Å². The lowest BCUT2D eigenvalue weighted by molar-refractivity contribution is 0.0791. The van der Waals surface area contributed by atoms with E-state index in [2.05, 4.69) is 33.4 Å². The van der Waals surface area contributed by atoms with Crippen LogP contribution in [0.25, 0.3) is 0 Å². The second-order valence-corrected chi connectivity index (χ2v) is 7.84. The summed E-state index contributed by atoms with van der Waals surface area (Å²) in [6, 6.07) is 14.3. The lowest BCUT2D eigenvalue weighted by atomic mass is 10.0. The Balaban J connectivity index is 0.00000363. The molecule has 176 valence electrons. The van der Waals surface area contributed by atoms with Crippen molar-refractivity contribution in [2.45, 2.75) is 38.5 Å². The Hall–Kier alpha value is -2.04. The Kier molecular flexibility index (Phi) is 11.1. The number of likely N-dealkylation sites (tertiary alicyclic amines) is 1. The molecule has 0 atom stereocenters. The zero-order valence-corrected chi connectivity index (χ0v) is 21.2. The standard InChI is InChI=1S/C24H34N4O3.HI/c1-30-22-8-7-18(15-23(22)31-2)9-12-26-24(25)27-16-19-5-3-4-6-20(19)17-28-13-10-21(29)11-14-28;/h3-8,15,21,29H,9-14,16-17H2,1-2H3,(H3,25,26,27);1H.